The summed E-state index contributed by atoms with van der Waals surface area (Å²) in [5.41, 5.74) is 4.22. The van der Waals surface area contributed by atoms with E-state index in [1.807, 2.05) is 19.9 Å². The molecule has 2 aromatic heterocycles. The third-order valence-corrected chi connectivity index (χ3v) is 4.85. The number of H-pyrrole nitrogens is 1. The number of non-ortho nitro benzene ring substituents is 1. The van der Waals surface area contributed by atoms with Gasteiger partial charge in [0.2, 0.25) is 0 Å². The number of nitrogens with zero attached hydrogens (tertiary/aromatic N) is 2. The van der Waals surface area contributed by atoms with Crippen molar-refractivity contribution in [1.29, 1.82) is 0 Å². The molecule has 0 saturated heterocycles. The Balaban J connectivity index is 1.69. The van der Waals surface area contributed by atoms with E-state index in [0.717, 1.165) is 22.4 Å². The summed E-state index contributed by atoms with van der Waals surface area (Å²) in [6.45, 7) is 4.11. The highest BCUT2D eigenvalue weighted by atomic mass is 16.6. The fourth-order valence-electron chi connectivity index (χ4n) is 3.15. The Hall–Kier alpha value is -3.81. The van der Waals surface area contributed by atoms with Crippen LogP contribution < -0.4 is 10.9 Å². The van der Waals surface area contributed by atoms with Gasteiger partial charge in [0.1, 0.15) is 0 Å². The molecule has 0 aliphatic heterocycles. The van der Waals surface area contributed by atoms with E-state index in [2.05, 4.69) is 15.3 Å². The van der Waals surface area contributed by atoms with Gasteiger partial charge >= 0.3 is 0 Å². The molecule has 0 fully saturated rings. The van der Waals surface area contributed by atoms with Crippen molar-refractivity contribution in [3.8, 4) is 11.1 Å². The van der Waals surface area contributed by atoms with Crippen molar-refractivity contribution in [2.75, 3.05) is 6.54 Å². The molecule has 3 aromatic rings. The Morgan fingerprint density at radius 1 is 1.20 bits per heavy atom. The molecule has 1 aromatic carbocycles. The first kappa shape index (κ1) is 20.9. The molecular weight excluding hydrogens is 384 g/mol. The molecule has 0 aliphatic carbocycles. The number of hydrogen-bond donors (Lipinski definition) is 2. The molecule has 0 bridgehead atoms. The first-order valence-electron chi connectivity index (χ1n) is 9.58. The van der Waals surface area contributed by atoms with Gasteiger partial charge in [-0.1, -0.05) is 19.1 Å². The molecule has 2 heterocycles. The molecule has 1 amide bonds. The van der Waals surface area contributed by atoms with Gasteiger partial charge in [0.05, 0.1) is 10.5 Å². The van der Waals surface area contributed by atoms with Gasteiger partial charge in [0.25, 0.3) is 17.2 Å². The van der Waals surface area contributed by atoms with Crippen LogP contribution >= 0.6 is 0 Å². The summed E-state index contributed by atoms with van der Waals surface area (Å²) >= 11 is 0. The summed E-state index contributed by atoms with van der Waals surface area (Å²) in [6, 6.07) is 9.83. The number of amides is 1. The quantitative estimate of drug-likeness (QED) is 0.461. The molecule has 0 saturated carbocycles. The molecule has 8 heteroatoms. The van der Waals surface area contributed by atoms with E-state index in [9.17, 15) is 19.7 Å². The number of pyridine rings is 2. The molecule has 0 unspecified atom stereocenters. The maximum absolute atomic E-state index is 12.5. The van der Waals surface area contributed by atoms with Gasteiger partial charge in [-0.2, -0.15) is 0 Å². The van der Waals surface area contributed by atoms with E-state index >= 15 is 0 Å². The minimum Gasteiger partial charge on any atom is -0.352 e. The zero-order valence-electron chi connectivity index (χ0n) is 16.8. The summed E-state index contributed by atoms with van der Waals surface area (Å²) in [4.78, 5) is 41.7. The molecule has 0 aliphatic rings. The summed E-state index contributed by atoms with van der Waals surface area (Å²) in [6.07, 6.45) is 4.31. The predicted molar refractivity (Wildman–Crippen MR) is 114 cm³/mol. The SMILES string of the molecule is CCc1cc(-c2cncc(C(=O)NCCc3ccc([N+](=O)[O-])cc3)c2)c(C)[nH]c1=O. The lowest BCUT2D eigenvalue weighted by Gasteiger charge is -2.10. The summed E-state index contributed by atoms with van der Waals surface area (Å²) < 4.78 is 0. The Morgan fingerprint density at radius 3 is 2.60 bits per heavy atom. The van der Waals surface area contributed by atoms with Crippen molar-refractivity contribution in [3.63, 3.8) is 0 Å². The third-order valence-electron chi connectivity index (χ3n) is 4.85. The van der Waals surface area contributed by atoms with Crippen LogP contribution in [0, 0.1) is 17.0 Å². The molecule has 3 rings (SSSR count). The Labute approximate surface area is 173 Å². The van der Waals surface area contributed by atoms with Crippen LogP contribution in [0.4, 0.5) is 5.69 Å². The molecular formula is C22H22N4O4. The number of benzene rings is 1. The van der Waals surface area contributed by atoms with E-state index in [0.29, 0.717) is 30.5 Å². The second-order valence-corrected chi connectivity index (χ2v) is 6.91. The molecule has 0 spiro atoms. The maximum Gasteiger partial charge on any atom is 0.269 e. The predicted octanol–water partition coefficient (Wildman–Crippen LogP) is 3.19. The third kappa shape index (κ3) is 4.78. The summed E-state index contributed by atoms with van der Waals surface area (Å²) in [5.74, 6) is -0.260. The van der Waals surface area contributed by atoms with E-state index < -0.39 is 4.92 Å². The van der Waals surface area contributed by atoms with Crippen LogP contribution in [0.1, 0.15) is 34.1 Å². The Kier molecular flexibility index (Phi) is 6.36. The van der Waals surface area contributed by atoms with Crippen molar-refractivity contribution in [3.05, 3.63) is 91.6 Å². The number of nitrogens with one attached hydrogen (secondary N) is 2. The number of hydrogen-bond acceptors (Lipinski definition) is 5. The monoisotopic (exact) mass is 406 g/mol. The number of nitro benzene ring substituents is 1. The first-order valence-corrected chi connectivity index (χ1v) is 9.58. The van der Waals surface area contributed by atoms with Gasteiger partial charge < -0.3 is 10.3 Å². The van der Waals surface area contributed by atoms with E-state index in [1.165, 1.54) is 18.3 Å². The molecule has 30 heavy (non-hydrogen) atoms. The molecule has 154 valence electrons. The zero-order valence-corrected chi connectivity index (χ0v) is 16.8. The van der Waals surface area contributed by atoms with Crippen LogP contribution in [-0.2, 0) is 12.8 Å². The average Bonchev–Trinajstić information content (AvgIpc) is 2.74. The smallest absolute Gasteiger partial charge is 0.269 e. The molecule has 0 atom stereocenters. The fraction of sp³-hybridized carbons (Fsp3) is 0.227. The molecule has 2 N–H and O–H groups in total. The van der Waals surface area contributed by atoms with Gasteiger partial charge in [0, 0.05) is 53.5 Å². The molecule has 8 nitrogen and oxygen atoms in total. The number of aryl methyl sites for hydroxylation is 2. The van der Waals surface area contributed by atoms with E-state index in [1.54, 1.807) is 24.4 Å². The van der Waals surface area contributed by atoms with E-state index in [4.69, 9.17) is 0 Å². The largest absolute Gasteiger partial charge is 0.352 e. The van der Waals surface area contributed by atoms with Crippen molar-refractivity contribution in [2.24, 2.45) is 0 Å². The highest BCUT2D eigenvalue weighted by Crippen LogP contribution is 2.22. The van der Waals surface area contributed by atoms with Crippen molar-refractivity contribution in [1.82, 2.24) is 15.3 Å². The van der Waals surface area contributed by atoms with Crippen LogP contribution in [0.25, 0.3) is 11.1 Å². The number of carbonyl (C=O) groups excluding carboxylic acids is 1. The first-order chi connectivity index (χ1) is 14.4. The van der Waals surface area contributed by atoms with E-state index in [-0.39, 0.29) is 17.2 Å². The standard InChI is InChI=1S/C22H22N4O4/c1-3-16-11-20(14(2)25-22(16)28)17-10-18(13-23-12-17)21(27)24-9-8-15-4-6-19(7-5-15)26(29)30/h4-7,10-13H,3,8-9H2,1-2H3,(H,24,27)(H,25,28). The van der Waals surface area contributed by atoms with Crippen LogP contribution in [0.3, 0.4) is 0 Å². The van der Waals surface area contributed by atoms with Gasteiger partial charge in [-0.05, 0) is 37.5 Å². The lowest BCUT2D eigenvalue weighted by Crippen LogP contribution is -2.25. The Morgan fingerprint density at radius 2 is 1.93 bits per heavy atom. The highest BCUT2D eigenvalue weighted by molar-refractivity contribution is 5.95. The van der Waals surface area contributed by atoms with Crippen LogP contribution in [0.5, 0.6) is 0 Å². The van der Waals surface area contributed by atoms with Gasteiger partial charge in [-0.25, -0.2) is 0 Å². The average molecular weight is 406 g/mol. The van der Waals surface area contributed by atoms with Crippen molar-refractivity contribution >= 4 is 11.6 Å². The lowest BCUT2D eigenvalue weighted by molar-refractivity contribution is -0.384. The summed E-state index contributed by atoms with van der Waals surface area (Å²) in [7, 11) is 0. The molecule has 0 radical (unpaired) electrons. The lowest BCUT2D eigenvalue weighted by atomic mass is 10.0. The number of aromatic nitrogens is 2. The maximum atomic E-state index is 12.5. The summed E-state index contributed by atoms with van der Waals surface area (Å²) in [5, 5.41) is 13.5. The second kappa shape index (κ2) is 9.13. The highest BCUT2D eigenvalue weighted by Gasteiger charge is 2.11. The van der Waals surface area contributed by atoms with Gasteiger partial charge in [-0.15, -0.1) is 0 Å². The van der Waals surface area contributed by atoms with Crippen molar-refractivity contribution < 1.29 is 9.72 Å². The zero-order chi connectivity index (χ0) is 21.7. The Bertz CT molecular complexity index is 1140. The minimum absolute atomic E-state index is 0.0365. The van der Waals surface area contributed by atoms with Crippen LogP contribution in [0.2, 0.25) is 0 Å². The normalized spacial score (nSPS) is 10.6. The van der Waals surface area contributed by atoms with Crippen molar-refractivity contribution in [2.45, 2.75) is 26.7 Å². The number of nitro groups is 1. The minimum atomic E-state index is -0.445. The van der Waals surface area contributed by atoms with Crippen LogP contribution in [0.15, 0.2) is 53.6 Å². The van der Waals surface area contributed by atoms with Crippen LogP contribution in [-0.4, -0.2) is 27.3 Å². The topological polar surface area (TPSA) is 118 Å². The number of aromatic amines is 1. The van der Waals surface area contributed by atoms with Gasteiger partial charge in [-0.3, -0.25) is 24.7 Å². The number of rotatable bonds is 7. The fourth-order valence-corrected chi connectivity index (χ4v) is 3.15. The number of carbonyl (C=O) groups is 1. The van der Waals surface area contributed by atoms with Gasteiger partial charge in [0.15, 0.2) is 0 Å². The second-order valence-electron chi connectivity index (χ2n) is 6.91.